The summed E-state index contributed by atoms with van der Waals surface area (Å²) in [6.07, 6.45) is 4.22. The number of piperidine rings is 1. The van der Waals surface area contributed by atoms with E-state index < -0.39 is 6.04 Å². The number of fused-ring (bicyclic) bond motifs is 1. The molecule has 128 valence electrons. The third kappa shape index (κ3) is 2.83. The van der Waals surface area contributed by atoms with Crippen molar-refractivity contribution in [1.82, 2.24) is 10.2 Å². The number of benzene rings is 1. The van der Waals surface area contributed by atoms with Crippen molar-refractivity contribution >= 4 is 11.8 Å². The van der Waals surface area contributed by atoms with Crippen LogP contribution in [0.2, 0.25) is 0 Å². The second-order valence-electron chi connectivity index (χ2n) is 6.80. The Morgan fingerprint density at radius 2 is 2.12 bits per heavy atom. The van der Waals surface area contributed by atoms with Crippen LogP contribution in [0.3, 0.4) is 0 Å². The van der Waals surface area contributed by atoms with Gasteiger partial charge in [-0.25, -0.2) is 4.39 Å². The smallest absolute Gasteiger partial charge is 0.255 e. The van der Waals surface area contributed by atoms with E-state index in [1.807, 2.05) is 26.8 Å². The summed E-state index contributed by atoms with van der Waals surface area (Å²) >= 11 is 0. The van der Waals surface area contributed by atoms with Crippen LogP contribution in [0.4, 0.5) is 4.39 Å². The topological polar surface area (TPSA) is 49.4 Å². The minimum atomic E-state index is -0.482. The van der Waals surface area contributed by atoms with Crippen molar-refractivity contribution in [2.24, 2.45) is 0 Å². The van der Waals surface area contributed by atoms with Crippen molar-refractivity contribution in [2.75, 3.05) is 0 Å². The van der Waals surface area contributed by atoms with Crippen LogP contribution in [0.15, 0.2) is 23.9 Å². The van der Waals surface area contributed by atoms with Crippen LogP contribution in [0.5, 0.6) is 0 Å². The van der Waals surface area contributed by atoms with Gasteiger partial charge in [0.1, 0.15) is 11.9 Å². The van der Waals surface area contributed by atoms with E-state index in [0.29, 0.717) is 24.1 Å². The second kappa shape index (κ2) is 6.38. The SMILES string of the molecule is CC/C=C1\CCC(N2Cc3cc(C(C)C)c(F)cc3C2=O)C(=O)N1. The number of hydrogen-bond acceptors (Lipinski definition) is 2. The van der Waals surface area contributed by atoms with Gasteiger partial charge in [0.2, 0.25) is 5.91 Å². The Morgan fingerprint density at radius 1 is 1.38 bits per heavy atom. The molecule has 24 heavy (non-hydrogen) atoms. The zero-order valence-electron chi connectivity index (χ0n) is 14.4. The average molecular weight is 330 g/mol. The maximum atomic E-state index is 14.2. The highest BCUT2D eigenvalue weighted by atomic mass is 19.1. The van der Waals surface area contributed by atoms with Gasteiger partial charge in [-0.15, -0.1) is 0 Å². The minimum absolute atomic E-state index is 0.0548. The number of carbonyl (C=O) groups excluding carboxylic acids is 2. The molecule has 0 aromatic heterocycles. The first-order valence-electron chi connectivity index (χ1n) is 8.55. The van der Waals surface area contributed by atoms with E-state index in [-0.39, 0.29) is 23.5 Å². The molecule has 0 spiro atoms. The fraction of sp³-hybridized carbons (Fsp3) is 0.474. The van der Waals surface area contributed by atoms with E-state index >= 15 is 0 Å². The summed E-state index contributed by atoms with van der Waals surface area (Å²) in [6.45, 7) is 6.25. The number of halogens is 1. The van der Waals surface area contributed by atoms with E-state index in [2.05, 4.69) is 5.32 Å². The summed E-state index contributed by atoms with van der Waals surface area (Å²) in [5.41, 5.74) is 2.74. The molecular formula is C19H23FN2O2. The monoisotopic (exact) mass is 330 g/mol. The zero-order valence-corrected chi connectivity index (χ0v) is 14.4. The molecule has 1 fully saturated rings. The van der Waals surface area contributed by atoms with Gasteiger partial charge in [-0.2, -0.15) is 0 Å². The van der Waals surface area contributed by atoms with E-state index in [1.54, 1.807) is 11.0 Å². The van der Waals surface area contributed by atoms with Gasteiger partial charge in [-0.1, -0.05) is 32.9 Å². The second-order valence-corrected chi connectivity index (χ2v) is 6.80. The van der Waals surface area contributed by atoms with Crippen molar-refractivity contribution in [3.05, 3.63) is 46.4 Å². The van der Waals surface area contributed by atoms with Crippen LogP contribution in [-0.2, 0) is 11.3 Å². The van der Waals surface area contributed by atoms with E-state index in [1.165, 1.54) is 6.07 Å². The van der Waals surface area contributed by atoms with Gasteiger partial charge in [0.25, 0.3) is 5.91 Å². The lowest BCUT2D eigenvalue weighted by molar-refractivity contribution is -0.126. The van der Waals surface area contributed by atoms with Crippen LogP contribution in [-0.4, -0.2) is 22.8 Å². The van der Waals surface area contributed by atoms with Crippen LogP contribution >= 0.6 is 0 Å². The van der Waals surface area contributed by atoms with Gasteiger partial charge in [0.15, 0.2) is 0 Å². The summed E-state index contributed by atoms with van der Waals surface area (Å²) in [4.78, 5) is 26.6. The number of amides is 2. The number of rotatable bonds is 3. The first-order chi connectivity index (χ1) is 11.4. The van der Waals surface area contributed by atoms with Crippen LogP contribution in [0, 0.1) is 5.82 Å². The number of carbonyl (C=O) groups is 2. The predicted molar refractivity (Wildman–Crippen MR) is 89.9 cm³/mol. The van der Waals surface area contributed by atoms with Crippen molar-refractivity contribution in [2.45, 2.75) is 58.5 Å². The number of nitrogens with one attached hydrogen (secondary N) is 1. The summed E-state index contributed by atoms with van der Waals surface area (Å²) in [6, 6.07) is 2.62. The molecule has 2 aliphatic heterocycles. The fourth-order valence-electron chi connectivity index (χ4n) is 3.50. The number of hydrogen-bond donors (Lipinski definition) is 1. The van der Waals surface area contributed by atoms with Gasteiger partial charge in [0, 0.05) is 17.8 Å². The molecule has 1 unspecified atom stereocenters. The highest BCUT2D eigenvalue weighted by Crippen LogP contribution is 2.32. The normalized spacial score (nSPS) is 22.3. The van der Waals surface area contributed by atoms with E-state index in [4.69, 9.17) is 0 Å². The Bertz CT molecular complexity index is 724. The fourth-order valence-corrected chi connectivity index (χ4v) is 3.50. The molecule has 5 heteroatoms. The highest BCUT2D eigenvalue weighted by Gasteiger charge is 2.38. The van der Waals surface area contributed by atoms with Gasteiger partial charge >= 0.3 is 0 Å². The maximum absolute atomic E-state index is 14.2. The summed E-state index contributed by atoms with van der Waals surface area (Å²) in [7, 11) is 0. The van der Waals surface area contributed by atoms with Gasteiger partial charge in [-0.3, -0.25) is 9.59 Å². The average Bonchev–Trinajstić information content (AvgIpc) is 2.83. The third-order valence-electron chi connectivity index (χ3n) is 4.78. The molecule has 4 nitrogen and oxygen atoms in total. The van der Waals surface area contributed by atoms with E-state index in [9.17, 15) is 14.0 Å². The molecule has 2 amide bonds. The van der Waals surface area contributed by atoms with Crippen molar-refractivity contribution in [3.63, 3.8) is 0 Å². The minimum Gasteiger partial charge on any atom is -0.328 e. The first-order valence-corrected chi connectivity index (χ1v) is 8.55. The van der Waals surface area contributed by atoms with E-state index in [0.717, 1.165) is 24.1 Å². The molecular weight excluding hydrogens is 307 g/mol. The lowest BCUT2D eigenvalue weighted by atomic mass is 9.98. The molecule has 0 aliphatic carbocycles. The van der Waals surface area contributed by atoms with Crippen molar-refractivity contribution in [3.8, 4) is 0 Å². The molecule has 1 aromatic rings. The predicted octanol–water partition coefficient (Wildman–Crippen LogP) is 3.48. The standard InChI is InChI=1S/C19H23FN2O2/c1-4-5-13-6-7-17(18(23)21-13)22-10-12-8-14(11(2)3)16(20)9-15(12)19(22)24/h5,8-9,11,17H,4,6-7,10H2,1-3H3,(H,21,23)/b13-5+. The summed E-state index contributed by atoms with van der Waals surface area (Å²) in [5.74, 6) is -0.687. The van der Waals surface area contributed by atoms with Crippen molar-refractivity contribution in [1.29, 1.82) is 0 Å². The Hall–Kier alpha value is -2.17. The maximum Gasteiger partial charge on any atom is 0.255 e. The van der Waals surface area contributed by atoms with Gasteiger partial charge in [-0.05, 0) is 42.4 Å². The molecule has 3 rings (SSSR count). The molecule has 2 heterocycles. The van der Waals surface area contributed by atoms with Gasteiger partial charge in [0.05, 0.1) is 0 Å². The molecule has 0 radical (unpaired) electrons. The summed E-state index contributed by atoms with van der Waals surface area (Å²) < 4.78 is 14.2. The van der Waals surface area contributed by atoms with Crippen LogP contribution < -0.4 is 5.32 Å². The molecule has 0 bridgehead atoms. The quantitative estimate of drug-likeness (QED) is 0.922. The van der Waals surface area contributed by atoms with Crippen LogP contribution in [0.25, 0.3) is 0 Å². The molecule has 1 N–H and O–H groups in total. The van der Waals surface area contributed by atoms with Crippen LogP contribution in [0.1, 0.15) is 67.4 Å². The van der Waals surface area contributed by atoms with Crippen molar-refractivity contribution < 1.29 is 14.0 Å². The third-order valence-corrected chi connectivity index (χ3v) is 4.78. The largest absolute Gasteiger partial charge is 0.328 e. The summed E-state index contributed by atoms with van der Waals surface area (Å²) in [5, 5.41) is 2.89. The number of nitrogens with zero attached hydrogens (tertiary/aromatic N) is 1. The molecule has 0 saturated carbocycles. The molecule has 1 saturated heterocycles. The first kappa shape index (κ1) is 16.7. The highest BCUT2D eigenvalue weighted by molar-refractivity contribution is 6.01. The Morgan fingerprint density at radius 3 is 2.75 bits per heavy atom. The lowest BCUT2D eigenvalue weighted by Gasteiger charge is -2.31. The molecule has 1 atom stereocenters. The Labute approximate surface area is 141 Å². The molecule has 2 aliphatic rings. The Balaban J connectivity index is 1.84. The van der Waals surface area contributed by atoms with Gasteiger partial charge < -0.3 is 10.2 Å². The molecule has 1 aromatic carbocycles. The number of allylic oxidation sites excluding steroid dienone is 2. The Kier molecular flexibility index (Phi) is 4.43. The zero-order chi connectivity index (χ0) is 17.4. The lowest BCUT2D eigenvalue weighted by Crippen LogP contribution is -2.49.